The van der Waals surface area contributed by atoms with E-state index in [9.17, 15) is 18.0 Å². The Morgan fingerprint density at radius 1 is 0.939 bits per heavy atom. The van der Waals surface area contributed by atoms with Crippen molar-refractivity contribution in [1.82, 2.24) is 4.98 Å². The van der Waals surface area contributed by atoms with E-state index in [0.29, 0.717) is 22.6 Å². The molecule has 0 N–H and O–H groups in total. The van der Waals surface area contributed by atoms with Gasteiger partial charge in [-0.05, 0) is 36.8 Å². The maximum atomic E-state index is 13.9. The smallest absolute Gasteiger partial charge is 0.434 e. The molecule has 1 aromatic heterocycles. The van der Waals surface area contributed by atoms with Gasteiger partial charge in [-0.3, -0.25) is 4.79 Å². The fraction of sp³-hybridized carbons (Fsp3) is 0.120. The number of rotatable bonds is 5. The summed E-state index contributed by atoms with van der Waals surface area (Å²) in [5.74, 6) is -0.176. The van der Waals surface area contributed by atoms with E-state index in [-0.39, 0.29) is 10.0 Å². The number of ether oxygens (including phenoxy) is 1. The summed E-state index contributed by atoms with van der Waals surface area (Å²) in [6.07, 6.45) is -4.70. The molecule has 1 heterocycles. The molecule has 4 aromatic rings. The number of methoxy groups -OCH3 is 1. The number of benzene rings is 3. The van der Waals surface area contributed by atoms with Crippen LogP contribution in [0.2, 0.25) is 0 Å². The van der Waals surface area contributed by atoms with Crippen molar-refractivity contribution in [3.05, 3.63) is 95.7 Å². The third-order valence-electron chi connectivity index (χ3n) is 4.94. The average Bonchev–Trinajstić information content (AvgIpc) is 3.26. The normalized spacial score (nSPS) is 11.3. The lowest BCUT2D eigenvalue weighted by Gasteiger charge is -2.22. The number of thiazole rings is 1. The molecule has 0 aliphatic heterocycles. The number of hydrogen-bond donors (Lipinski definition) is 0. The van der Waals surface area contributed by atoms with Crippen LogP contribution >= 0.6 is 11.3 Å². The number of carbonyl (C=O) groups is 1. The van der Waals surface area contributed by atoms with Crippen LogP contribution in [0.5, 0.6) is 5.75 Å². The fourth-order valence-electron chi connectivity index (χ4n) is 3.32. The lowest BCUT2D eigenvalue weighted by Crippen LogP contribution is -2.26. The topological polar surface area (TPSA) is 42.4 Å². The minimum Gasteiger partial charge on any atom is -0.495 e. The summed E-state index contributed by atoms with van der Waals surface area (Å²) in [7, 11) is 1.44. The van der Waals surface area contributed by atoms with E-state index in [4.69, 9.17) is 4.74 Å². The number of aromatic nitrogens is 1. The van der Waals surface area contributed by atoms with Gasteiger partial charge in [-0.25, -0.2) is 9.88 Å². The van der Waals surface area contributed by atoms with Gasteiger partial charge in [0.25, 0.3) is 5.91 Å². The molecule has 8 heteroatoms. The quantitative estimate of drug-likeness (QED) is 0.313. The van der Waals surface area contributed by atoms with Gasteiger partial charge in [-0.15, -0.1) is 0 Å². The molecule has 0 unspecified atom stereocenters. The first kappa shape index (κ1) is 22.5. The minimum absolute atomic E-state index is 0.0605. The third-order valence-corrected chi connectivity index (χ3v) is 6.03. The summed E-state index contributed by atoms with van der Waals surface area (Å²) >= 11 is 0.806. The Hall–Kier alpha value is -3.65. The first-order chi connectivity index (χ1) is 15.8. The van der Waals surface area contributed by atoms with Crippen LogP contribution < -0.4 is 9.64 Å². The number of aryl methyl sites for hydroxylation is 1. The van der Waals surface area contributed by atoms with Crippen LogP contribution in [-0.2, 0) is 6.18 Å². The van der Waals surface area contributed by atoms with Gasteiger partial charge in [0.1, 0.15) is 5.75 Å². The highest BCUT2D eigenvalue weighted by Gasteiger charge is 2.39. The lowest BCUT2D eigenvalue weighted by molar-refractivity contribution is -0.140. The summed E-state index contributed by atoms with van der Waals surface area (Å²) < 4.78 is 47.2. The standard InChI is InChI=1S/C25H19F3N2O2S/c1-16-12-14-18(15-13-16)23(31)30(19-10-6-7-11-20(19)32-2)24-29-22(25(26,27)28)21(33-24)17-8-4-3-5-9-17/h3-15H,1-2H3. The van der Waals surface area contributed by atoms with Crippen LogP contribution in [0, 0.1) is 6.92 Å². The summed E-state index contributed by atoms with van der Waals surface area (Å²) in [4.78, 5) is 18.6. The Balaban J connectivity index is 1.94. The van der Waals surface area contributed by atoms with Gasteiger partial charge in [-0.1, -0.05) is 71.5 Å². The molecule has 0 aliphatic rings. The molecule has 3 aromatic carbocycles. The maximum Gasteiger partial charge on any atom is 0.434 e. The molecule has 1 amide bonds. The number of alkyl halides is 3. The summed E-state index contributed by atoms with van der Waals surface area (Å²) in [6.45, 7) is 1.88. The molecule has 4 rings (SSSR count). The van der Waals surface area contributed by atoms with Crippen LogP contribution in [0.25, 0.3) is 10.4 Å². The SMILES string of the molecule is COc1ccccc1N(C(=O)c1ccc(C)cc1)c1nc(C(F)(F)F)c(-c2ccccc2)s1. The Bertz CT molecular complexity index is 1270. The van der Waals surface area contributed by atoms with Crippen molar-refractivity contribution in [3.8, 4) is 16.2 Å². The van der Waals surface area contributed by atoms with Gasteiger partial charge in [0.2, 0.25) is 0 Å². The van der Waals surface area contributed by atoms with Crippen molar-refractivity contribution in [1.29, 1.82) is 0 Å². The zero-order valence-electron chi connectivity index (χ0n) is 17.8. The Morgan fingerprint density at radius 2 is 1.58 bits per heavy atom. The van der Waals surface area contributed by atoms with Gasteiger partial charge in [-0.2, -0.15) is 13.2 Å². The van der Waals surface area contributed by atoms with E-state index < -0.39 is 17.8 Å². The average molecular weight is 469 g/mol. The van der Waals surface area contributed by atoms with Crippen molar-refractivity contribution in [2.45, 2.75) is 13.1 Å². The van der Waals surface area contributed by atoms with E-state index in [1.165, 1.54) is 12.0 Å². The monoisotopic (exact) mass is 468 g/mol. The van der Waals surface area contributed by atoms with Crippen molar-refractivity contribution in [3.63, 3.8) is 0 Å². The van der Waals surface area contributed by atoms with Gasteiger partial charge in [0, 0.05) is 5.56 Å². The molecule has 0 radical (unpaired) electrons. The molecule has 0 saturated heterocycles. The van der Waals surface area contributed by atoms with Crippen molar-refractivity contribution in [2.75, 3.05) is 12.0 Å². The number of halogens is 3. The predicted molar refractivity (Wildman–Crippen MR) is 123 cm³/mol. The van der Waals surface area contributed by atoms with E-state index in [2.05, 4.69) is 4.98 Å². The maximum absolute atomic E-state index is 13.9. The molecule has 0 spiro atoms. The van der Waals surface area contributed by atoms with Crippen LogP contribution in [0.1, 0.15) is 21.6 Å². The number of para-hydroxylation sites is 2. The molecule has 0 aliphatic carbocycles. The Kier molecular flexibility index (Phi) is 6.20. The summed E-state index contributed by atoms with van der Waals surface area (Å²) in [5, 5.41) is -0.101. The molecule has 0 fully saturated rings. The second-order valence-electron chi connectivity index (χ2n) is 7.22. The number of carbonyl (C=O) groups excluding carboxylic acids is 1. The molecule has 0 saturated carbocycles. The summed E-state index contributed by atoms with van der Waals surface area (Å²) in [6, 6.07) is 21.7. The molecule has 4 nitrogen and oxygen atoms in total. The third kappa shape index (κ3) is 4.61. The van der Waals surface area contributed by atoms with Gasteiger partial charge in [0.15, 0.2) is 10.8 Å². The zero-order chi connectivity index (χ0) is 23.6. The largest absolute Gasteiger partial charge is 0.495 e. The first-order valence-corrected chi connectivity index (χ1v) is 10.8. The highest BCUT2D eigenvalue weighted by molar-refractivity contribution is 7.19. The van der Waals surface area contributed by atoms with E-state index >= 15 is 0 Å². The van der Waals surface area contributed by atoms with Crippen LogP contribution in [0.3, 0.4) is 0 Å². The number of amides is 1. The van der Waals surface area contributed by atoms with Crippen molar-refractivity contribution >= 4 is 28.1 Å². The van der Waals surface area contributed by atoms with Crippen LogP contribution in [-0.4, -0.2) is 18.0 Å². The molecular formula is C25H19F3N2O2S. The van der Waals surface area contributed by atoms with Crippen molar-refractivity contribution in [2.24, 2.45) is 0 Å². The predicted octanol–water partition coefficient (Wildman–Crippen LogP) is 7.12. The molecular weight excluding hydrogens is 449 g/mol. The van der Waals surface area contributed by atoms with Gasteiger partial charge in [0.05, 0.1) is 17.7 Å². The van der Waals surface area contributed by atoms with Gasteiger partial charge < -0.3 is 4.74 Å². The minimum atomic E-state index is -4.70. The number of hydrogen-bond acceptors (Lipinski definition) is 4. The van der Waals surface area contributed by atoms with Crippen molar-refractivity contribution < 1.29 is 22.7 Å². The Morgan fingerprint density at radius 3 is 2.21 bits per heavy atom. The van der Waals surface area contributed by atoms with E-state index in [1.807, 2.05) is 6.92 Å². The van der Waals surface area contributed by atoms with Crippen LogP contribution in [0.15, 0.2) is 78.9 Å². The molecule has 168 valence electrons. The number of nitrogens with zero attached hydrogens (tertiary/aromatic N) is 2. The Labute approximate surface area is 192 Å². The summed E-state index contributed by atoms with van der Waals surface area (Å²) in [5.41, 5.74) is 0.904. The second kappa shape index (κ2) is 9.07. The molecule has 33 heavy (non-hydrogen) atoms. The number of anilines is 2. The van der Waals surface area contributed by atoms with Gasteiger partial charge >= 0.3 is 6.18 Å². The first-order valence-electron chi connectivity index (χ1n) is 9.97. The lowest BCUT2D eigenvalue weighted by atomic mass is 10.1. The zero-order valence-corrected chi connectivity index (χ0v) is 18.6. The van der Waals surface area contributed by atoms with Crippen LogP contribution in [0.4, 0.5) is 24.0 Å². The molecule has 0 bridgehead atoms. The highest BCUT2D eigenvalue weighted by atomic mass is 32.1. The fourth-order valence-corrected chi connectivity index (χ4v) is 4.42. The van der Waals surface area contributed by atoms with E-state index in [1.54, 1.807) is 78.9 Å². The second-order valence-corrected chi connectivity index (χ2v) is 8.19. The molecule has 0 atom stereocenters. The highest BCUT2D eigenvalue weighted by Crippen LogP contribution is 2.45. The van der Waals surface area contributed by atoms with E-state index in [0.717, 1.165) is 16.9 Å².